The summed E-state index contributed by atoms with van der Waals surface area (Å²) in [6.45, 7) is 0.456. The Bertz CT molecular complexity index is 572. The Kier molecular flexibility index (Phi) is 3.79. The van der Waals surface area contributed by atoms with E-state index in [-0.39, 0.29) is 13.1 Å². The molecule has 0 amide bonds. The molecule has 1 saturated heterocycles. The zero-order chi connectivity index (χ0) is 15.9. The summed E-state index contributed by atoms with van der Waals surface area (Å²) in [6.07, 6.45) is 0. The molecule has 9 heteroatoms. The standard InChI is InChI=1S/C12H10F5NO3/c1-12(21-2-5(19)20)3-18(4-12)11-9(16)7(14)6(13)8(15)10(11)17/h2-4H2,1H3,(H,19,20). The van der Waals surface area contributed by atoms with Crippen molar-refractivity contribution in [1.29, 1.82) is 0 Å². The van der Waals surface area contributed by atoms with Crippen molar-refractivity contribution in [3.63, 3.8) is 0 Å². The first-order chi connectivity index (χ1) is 9.66. The smallest absolute Gasteiger partial charge is 0.329 e. The van der Waals surface area contributed by atoms with Gasteiger partial charge in [-0.2, -0.15) is 0 Å². The molecule has 1 N–H and O–H groups in total. The molecule has 0 radical (unpaired) electrons. The van der Waals surface area contributed by atoms with Gasteiger partial charge in [0.25, 0.3) is 0 Å². The quantitative estimate of drug-likeness (QED) is 0.525. The van der Waals surface area contributed by atoms with Gasteiger partial charge in [0.15, 0.2) is 23.3 Å². The Labute approximate surface area is 115 Å². The number of carbonyl (C=O) groups is 1. The van der Waals surface area contributed by atoms with E-state index in [1.807, 2.05) is 0 Å². The number of rotatable bonds is 4. The lowest BCUT2D eigenvalue weighted by Gasteiger charge is -2.48. The van der Waals surface area contributed by atoms with E-state index in [1.54, 1.807) is 0 Å². The van der Waals surface area contributed by atoms with E-state index in [9.17, 15) is 26.7 Å². The number of carboxylic acid groups (broad SMARTS) is 1. The molecule has 1 aromatic carbocycles. The van der Waals surface area contributed by atoms with Crippen LogP contribution in [0.4, 0.5) is 27.6 Å². The van der Waals surface area contributed by atoms with Gasteiger partial charge in [0, 0.05) is 13.1 Å². The molecule has 1 aliphatic heterocycles. The van der Waals surface area contributed by atoms with E-state index in [0.29, 0.717) is 0 Å². The van der Waals surface area contributed by atoms with Crippen LogP contribution in [0.2, 0.25) is 0 Å². The van der Waals surface area contributed by atoms with Crippen molar-refractivity contribution in [2.75, 3.05) is 24.6 Å². The molecule has 0 aromatic heterocycles. The van der Waals surface area contributed by atoms with E-state index in [1.165, 1.54) is 6.92 Å². The van der Waals surface area contributed by atoms with Crippen LogP contribution < -0.4 is 4.90 Å². The van der Waals surface area contributed by atoms with Gasteiger partial charge < -0.3 is 14.7 Å². The maximum atomic E-state index is 13.5. The number of aliphatic carboxylic acids is 1. The zero-order valence-electron chi connectivity index (χ0n) is 10.7. The summed E-state index contributed by atoms with van der Waals surface area (Å²) in [5.74, 6) is -11.4. The largest absolute Gasteiger partial charge is 0.480 e. The van der Waals surface area contributed by atoms with E-state index in [4.69, 9.17) is 9.84 Å². The number of nitrogens with zero attached hydrogens (tertiary/aromatic N) is 1. The number of anilines is 1. The van der Waals surface area contributed by atoms with Crippen molar-refractivity contribution in [1.82, 2.24) is 0 Å². The summed E-state index contributed by atoms with van der Waals surface area (Å²) in [4.78, 5) is 11.3. The van der Waals surface area contributed by atoms with Gasteiger partial charge in [-0.3, -0.25) is 0 Å². The first-order valence-electron chi connectivity index (χ1n) is 5.78. The highest BCUT2D eigenvalue weighted by atomic mass is 19.2. The van der Waals surface area contributed by atoms with Crippen LogP contribution in [0.5, 0.6) is 0 Å². The van der Waals surface area contributed by atoms with E-state index < -0.39 is 53.0 Å². The number of carboxylic acids is 1. The Morgan fingerprint density at radius 2 is 1.52 bits per heavy atom. The van der Waals surface area contributed by atoms with Gasteiger partial charge in [-0.05, 0) is 6.92 Å². The molecule has 1 heterocycles. The average Bonchev–Trinajstić information content (AvgIpc) is 2.39. The Balaban J connectivity index is 2.21. The van der Waals surface area contributed by atoms with Gasteiger partial charge in [0.05, 0.1) is 0 Å². The summed E-state index contributed by atoms with van der Waals surface area (Å²) in [6, 6.07) is 0. The highest BCUT2D eigenvalue weighted by molar-refractivity contribution is 5.68. The van der Waals surface area contributed by atoms with Gasteiger partial charge in [-0.25, -0.2) is 26.7 Å². The lowest BCUT2D eigenvalue weighted by atomic mass is 9.95. The fourth-order valence-corrected chi connectivity index (χ4v) is 2.12. The third-order valence-corrected chi connectivity index (χ3v) is 3.10. The fraction of sp³-hybridized carbons (Fsp3) is 0.417. The minimum absolute atomic E-state index is 0.196. The molecule has 0 aliphatic carbocycles. The molecule has 1 fully saturated rings. The van der Waals surface area contributed by atoms with Crippen molar-refractivity contribution in [3.05, 3.63) is 29.1 Å². The van der Waals surface area contributed by atoms with Crippen LogP contribution in [0.3, 0.4) is 0 Å². The number of ether oxygens (including phenoxy) is 1. The van der Waals surface area contributed by atoms with Crippen LogP contribution in [0, 0.1) is 29.1 Å². The monoisotopic (exact) mass is 311 g/mol. The normalized spacial score (nSPS) is 16.8. The number of halogens is 5. The highest BCUT2D eigenvalue weighted by Gasteiger charge is 2.44. The molecule has 0 spiro atoms. The second-order valence-electron chi connectivity index (χ2n) is 4.91. The number of hydrogen-bond acceptors (Lipinski definition) is 3. The SMILES string of the molecule is CC1(OCC(=O)O)CN(c2c(F)c(F)c(F)c(F)c2F)C1. The average molecular weight is 311 g/mol. The summed E-state index contributed by atoms with van der Waals surface area (Å²) in [5, 5.41) is 8.47. The van der Waals surface area contributed by atoms with Crippen LogP contribution in [0.25, 0.3) is 0 Å². The zero-order valence-corrected chi connectivity index (χ0v) is 10.7. The van der Waals surface area contributed by atoms with Gasteiger partial charge in [-0.1, -0.05) is 0 Å². The summed E-state index contributed by atoms with van der Waals surface area (Å²) in [7, 11) is 0. The van der Waals surface area contributed by atoms with E-state index >= 15 is 0 Å². The summed E-state index contributed by atoms with van der Waals surface area (Å²) < 4.78 is 71.1. The first-order valence-corrected chi connectivity index (χ1v) is 5.78. The Morgan fingerprint density at radius 1 is 1.10 bits per heavy atom. The fourth-order valence-electron chi connectivity index (χ4n) is 2.12. The molecule has 1 aliphatic rings. The van der Waals surface area contributed by atoms with Crippen LogP contribution in [0.1, 0.15) is 6.92 Å². The molecule has 4 nitrogen and oxygen atoms in total. The molecule has 0 saturated carbocycles. The van der Waals surface area contributed by atoms with Gasteiger partial charge in [0.1, 0.15) is 17.9 Å². The van der Waals surface area contributed by atoms with Crippen molar-refractivity contribution >= 4 is 11.7 Å². The maximum absolute atomic E-state index is 13.5. The van der Waals surface area contributed by atoms with E-state index in [2.05, 4.69) is 0 Å². The van der Waals surface area contributed by atoms with E-state index in [0.717, 1.165) is 4.90 Å². The molecule has 116 valence electrons. The summed E-state index contributed by atoms with van der Waals surface area (Å²) in [5.41, 5.74) is -2.07. The molecule has 21 heavy (non-hydrogen) atoms. The third-order valence-electron chi connectivity index (χ3n) is 3.10. The van der Waals surface area contributed by atoms with Gasteiger partial charge in [0.2, 0.25) is 5.82 Å². The van der Waals surface area contributed by atoms with Crippen LogP contribution in [-0.2, 0) is 9.53 Å². The van der Waals surface area contributed by atoms with Crippen LogP contribution in [0.15, 0.2) is 0 Å². The Morgan fingerprint density at radius 3 is 1.95 bits per heavy atom. The highest BCUT2D eigenvalue weighted by Crippen LogP contribution is 2.36. The van der Waals surface area contributed by atoms with Crippen LogP contribution >= 0.6 is 0 Å². The predicted octanol–water partition coefficient (Wildman–Crippen LogP) is 2.06. The molecule has 2 rings (SSSR count). The van der Waals surface area contributed by atoms with Gasteiger partial charge >= 0.3 is 5.97 Å². The maximum Gasteiger partial charge on any atom is 0.329 e. The van der Waals surface area contributed by atoms with Crippen LogP contribution in [-0.4, -0.2) is 36.4 Å². The predicted molar refractivity (Wildman–Crippen MR) is 60.4 cm³/mol. The molecule has 0 atom stereocenters. The molecule has 0 bridgehead atoms. The van der Waals surface area contributed by atoms with Crippen molar-refractivity contribution < 1.29 is 36.6 Å². The Hall–Kier alpha value is -1.90. The number of benzene rings is 1. The molecule has 0 unspecified atom stereocenters. The summed E-state index contributed by atoms with van der Waals surface area (Å²) >= 11 is 0. The molecular formula is C12H10F5NO3. The molecule has 1 aromatic rings. The van der Waals surface area contributed by atoms with Crippen molar-refractivity contribution in [3.8, 4) is 0 Å². The lowest BCUT2D eigenvalue weighted by Crippen LogP contribution is -2.62. The number of hydrogen-bond donors (Lipinski definition) is 1. The lowest BCUT2D eigenvalue weighted by molar-refractivity contribution is -0.150. The minimum Gasteiger partial charge on any atom is -0.480 e. The topological polar surface area (TPSA) is 49.8 Å². The second kappa shape index (κ2) is 5.14. The van der Waals surface area contributed by atoms with Gasteiger partial charge in [-0.15, -0.1) is 0 Å². The van der Waals surface area contributed by atoms with Crippen molar-refractivity contribution in [2.24, 2.45) is 0 Å². The minimum atomic E-state index is -2.22. The van der Waals surface area contributed by atoms with Crippen molar-refractivity contribution in [2.45, 2.75) is 12.5 Å². The second-order valence-corrected chi connectivity index (χ2v) is 4.91. The third kappa shape index (κ3) is 2.65. The first kappa shape index (κ1) is 15.5. The molecular weight excluding hydrogens is 301 g/mol.